The summed E-state index contributed by atoms with van der Waals surface area (Å²) >= 11 is 0. The molecule has 1 aromatic rings. The first-order valence-electron chi connectivity index (χ1n) is 7.24. The molecule has 0 amide bonds. The lowest BCUT2D eigenvalue weighted by atomic mass is 9.96. The van der Waals surface area contributed by atoms with E-state index >= 15 is 0 Å². The molecule has 4 atom stereocenters. The Labute approximate surface area is 110 Å². The third-order valence-corrected chi connectivity index (χ3v) is 4.48. The van der Waals surface area contributed by atoms with Crippen molar-refractivity contribution in [2.75, 3.05) is 13.7 Å². The summed E-state index contributed by atoms with van der Waals surface area (Å²) in [5, 5.41) is 3.51. The molecular formula is C16H23NO. The largest absolute Gasteiger partial charge is 0.377 e. The summed E-state index contributed by atoms with van der Waals surface area (Å²) in [5.41, 5.74) is 1.50. The van der Waals surface area contributed by atoms with E-state index in [1.165, 1.54) is 31.2 Å². The van der Waals surface area contributed by atoms with Crippen LogP contribution in [-0.2, 0) is 4.74 Å². The molecule has 1 heterocycles. The first-order valence-corrected chi connectivity index (χ1v) is 7.24. The van der Waals surface area contributed by atoms with Crippen molar-refractivity contribution in [3.63, 3.8) is 0 Å². The SMILES string of the molecule is CNC(C1CCCCO1)C1CC1c1ccccc1. The molecule has 4 unspecified atom stereocenters. The minimum atomic E-state index is 0.433. The molecule has 1 aliphatic carbocycles. The molecule has 2 fully saturated rings. The first kappa shape index (κ1) is 12.2. The summed E-state index contributed by atoms with van der Waals surface area (Å²) in [6.07, 6.45) is 5.53. The van der Waals surface area contributed by atoms with Crippen molar-refractivity contribution in [2.45, 2.75) is 43.7 Å². The topological polar surface area (TPSA) is 21.3 Å². The Balaban J connectivity index is 1.64. The van der Waals surface area contributed by atoms with Crippen LogP contribution in [0.4, 0.5) is 0 Å². The third-order valence-electron chi connectivity index (χ3n) is 4.48. The molecule has 0 bridgehead atoms. The molecule has 1 saturated carbocycles. The maximum Gasteiger partial charge on any atom is 0.0730 e. The fraction of sp³-hybridized carbons (Fsp3) is 0.625. The second-order valence-corrected chi connectivity index (χ2v) is 5.64. The van der Waals surface area contributed by atoms with E-state index < -0.39 is 0 Å². The van der Waals surface area contributed by atoms with E-state index in [4.69, 9.17) is 4.74 Å². The predicted molar refractivity (Wildman–Crippen MR) is 73.7 cm³/mol. The number of likely N-dealkylation sites (N-methyl/N-ethyl adjacent to an activating group) is 1. The maximum atomic E-state index is 5.95. The molecule has 2 heteroatoms. The van der Waals surface area contributed by atoms with Gasteiger partial charge < -0.3 is 10.1 Å². The van der Waals surface area contributed by atoms with Crippen LogP contribution in [0.3, 0.4) is 0 Å². The van der Waals surface area contributed by atoms with E-state index in [0.29, 0.717) is 12.1 Å². The van der Waals surface area contributed by atoms with Gasteiger partial charge in [-0.1, -0.05) is 30.3 Å². The van der Waals surface area contributed by atoms with Crippen molar-refractivity contribution in [3.8, 4) is 0 Å². The summed E-state index contributed by atoms with van der Waals surface area (Å²) in [6.45, 7) is 0.950. The van der Waals surface area contributed by atoms with Gasteiger partial charge in [-0.25, -0.2) is 0 Å². The fourth-order valence-electron chi connectivity index (χ4n) is 3.42. The predicted octanol–water partition coefficient (Wildman–Crippen LogP) is 2.95. The number of ether oxygens (including phenoxy) is 1. The third kappa shape index (κ3) is 2.45. The zero-order valence-corrected chi connectivity index (χ0v) is 11.1. The van der Waals surface area contributed by atoms with Gasteiger partial charge in [0.1, 0.15) is 0 Å². The summed E-state index contributed by atoms with van der Waals surface area (Å²) in [6, 6.07) is 11.5. The van der Waals surface area contributed by atoms with E-state index in [1.54, 1.807) is 0 Å². The van der Waals surface area contributed by atoms with Gasteiger partial charge in [-0.05, 0) is 50.1 Å². The van der Waals surface area contributed by atoms with Gasteiger partial charge in [-0.15, -0.1) is 0 Å². The molecule has 2 nitrogen and oxygen atoms in total. The van der Waals surface area contributed by atoms with Crippen LogP contribution in [0.25, 0.3) is 0 Å². The Bertz CT molecular complexity index is 372. The summed E-state index contributed by atoms with van der Waals surface area (Å²) < 4.78 is 5.95. The maximum absolute atomic E-state index is 5.95. The molecule has 1 aromatic carbocycles. The fourth-order valence-corrected chi connectivity index (χ4v) is 3.42. The van der Waals surface area contributed by atoms with E-state index in [9.17, 15) is 0 Å². The Morgan fingerprint density at radius 2 is 2.06 bits per heavy atom. The zero-order chi connectivity index (χ0) is 12.4. The van der Waals surface area contributed by atoms with Gasteiger partial charge >= 0.3 is 0 Å². The molecular weight excluding hydrogens is 222 g/mol. The van der Waals surface area contributed by atoms with E-state index in [-0.39, 0.29) is 0 Å². The molecule has 18 heavy (non-hydrogen) atoms. The van der Waals surface area contributed by atoms with Crippen LogP contribution in [0, 0.1) is 5.92 Å². The summed E-state index contributed by atoms with van der Waals surface area (Å²) in [5.74, 6) is 1.51. The Morgan fingerprint density at radius 1 is 1.22 bits per heavy atom. The molecule has 0 radical (unpaired) electrons. The highest BCUT2D eigenvalue weighted by Crippen LogP contribution is 2.50. The second-order valence-electron chi connectivity index (χ2n) is 5.64. The smallest absolute Gasteiger partial charge is 0.0730 e. The van der Waals surface area contributed by atoms with Crippen molar-refractivity contribution in [1.29, 1.82) is 0 Å². The van der Waals surface area contributed by atoms with Crippen LogP contribution in [0.1, 0.15) is 37.2 Å². The number of benzene rings is 1. The summed E-state index contributed by atoms with van der Waals surface area (Å²) in [4.78, 5) is 0. The van der Waals surface area contributed by atoms with Crippen LogP contribution in [0.5, 0.6) is 0 Å². The molecule has 0 aromatic heterocycles. The minimum Gasteiger partial charge on any atom is -0.377 e. The lowest BCUT2D eigenvalue weighted by molar-refractivity contribution is -0.0111. The van der Waals surface area contributed by atoms with Gasteiger partial charge in [0.2, 0.25) is 0 Å². The van der Waals surface area contributed by atoms with Gasteiger partial charge in [0.05, 0.1) is 6.10 Å². The van der Waals surface area contributed by atoms with E-state index in [2.05, 4.69) is 42.7 Å². The van der Waals surface area contributed by atoms with Crippen molar-refractivity contribution in [3.05, 3.63) is 35.9 Å². The molecule has 0 spiro atoms. The standard InChI is InChI=1S/C16H23NO/c1-17-16(15-9-5-6-10-18-15)14-11-13(14)12-7-3-2-4-8-12/h2-4,7-8,13-17H,5-6,9-11H2,1H3. The quantitative estimate of drug-likeness (QED) is 0.880. The van der Waals surface area contributed by atoms with Gasteiger partial charge in [-0.3, -0.25) is 0 Å². The number of hydrogen-bond acceptors (Lipinski definition) is 2. The molecule has 1 saturated heterocycles. The normalized spacial score (nSPS) is 33.1. The highest BCUT2D eigenvalue weighted by molar-refractivity contribution is 5.27. The first-order chi connectivity index (χ1) is 8.90. The molecule has 98 valence electrons. The van der Waals surface area contributed by atoms with Gasteiger partial charge in [-0.2, -0.15) is 0 Å². The van der Waals surface area contributed by atoms with Crippen LogP contribution in [0.2, 0.25) is 0 Å². The lowest BCUT2D eigenvalue weighted by Gasteiger charge is -2.30. The Hall–Kier alpha value is -0.860. The van der Waals surface area contributed by atoms with Crippen LogP contribution < -0.4 is 5.32 Å². The summed E-state index contributed by atoms with van der Waals surface area (Å²) in [7, 11) is 2.09. The number of nitrogens with one attached hydrogen (secondary N) is 1. The average Bonchev–Trinajstić information content (AvgIpc) is 3.22. The highest BCUT2D eigenvalue weighted by atomic mass is 16.5. The van der Waals surface area contributed by atoms with Gasteiger partial charge in [0, 0.05) is 12.6 Å². The monoisotopic (exact) mass is 245 g/mol. The Kier molecular flexibility index (Phi) is 3.67. The number of hydrogen-bond donors (Lipinski definition) is 1. The zero-order valence-electron chi connectivity index (χ0n) is 11.1. The molecule has 1 N–H and O–H groups in total. The van der Waals surface area contributed by atoms with Gasteiger partial charge in [0.25, 0.3) is 0 Å². The van der Waals surface area contributed by atoms with Crippen molar-refractivity contribution < 1.29 is 4.74 Å². The van der Waals surface area contributed by atoms with Crippen LogP contribution >= 0.6 is 0 Å². The van der Waals surface area contributed by atoms with Crippen molar-refractivity contribution >= 4 is 0 Å². The van der Waals surface area contributed by atoms with Crippen molar-refractivity contribution in [2.24, 2.45) is 5.92 Å². The van der Waals surface area contributed by atoms with Gasteiger partial charge in [0.15, 0.2) is 0 Å². The Morgan fingerprint density at radius 3 is 2.72 bits per heavy atom. The van der Waals surface area contributed by atoms with Crippen molar-refractivity contribution in [1.82, 2.24) is 5.32 Å². The van der Waals surface area contributed by atoms with Crippen LogP contribution in [-0.4, -0.2) is 25.8 Å². The highest BCUT2D eigenvalue weighted by Gasteiger charge is 2.46. The van der Waals surface area contributed by atoms with Crippen LogP contribution in [0.15, 0.2) is 30.3 Å². The average molecular weight is 245 g/mol. The molecule has 3 rings (SSSR count). The molecule has 2 aliphatic rings. The minimum absolute atomic E-state index is 0.433. The lowest BCUT2D eigenvalue weighted by Crippen LogP contribution is -2.43. The number of rotatable bonds is 4. The second kappa shape index (κ2) is 5.41. The molecule has 1 aliphatic heterocycles. The van der Waals surface area contributed by atoms with E-state index in [0.717, 1.165) is 18.4 Å². The van der Waals surface area contributed by atoms with E-state index in [1.807, 2.05) is 0 Å².